The molecule has 3 heteroatoms. The Kier molecular flexibility index (Phi) is 3.60. The standard InChI is InChI=1S/C18H19NOS/c1-11-10-14(20)8-9-16(11)19-13(3)18-12(2)15-6-4-5-7-17(15)21-18/h4-10,13,19-20H,1-3H3. The molecule has 0 saturated carbocycles. The van der Waals surface area contributed by atoms with Crippen molar-refractivity contribution in [2.24, 2.45) is 0 Å². The predicted octanol–water partition coefficient (Wildman–Crippen LogP) is 5.40. The van der Waals surface area contributed by atoms with Gasteiger partial charge in [0.25, 0.3) is 0 Å². The summed E-state index contributed by atoms with van der Waals surface area (Å²) < 4.78 is 1.33. The van der Waals surface area contributed by atoms with E-state index in [-0.39, 0.29) is 6.04 Å². The number of thiophene rings is 1. The summed E-state index contributed by atoms with van der Waals surface area (Å²) in [4.78, 5) is 1.36. The van der Waals surface area contributed by atoms with Crippen LogP contribution in [0.3, 0.4) is 0 Å². The molecular formula is C18H19NOS. The fourth-order valence-corrected chi connectivity index (χ4v) is 3.93. The largest absolute Gasteiger partial charge is 0.508 e. The minimum Gasteiger partial charge on any atom is -0.508 e. The maximum Gasteiger partial charge on any atom is 0.115 e. The van der Waals surface area contributed by atoms with Gasteiger partial charge in [-0.15, -0.1) is 11.3 Å². The number of phenols is 1. The van der Waals surface area contributed by atoms with Gasteiger partial charge in [-0.2, -0.15) is 0 Å². The highest BCUT2D eigenvalue weighted by Gasteiger charge is 2.14. The normalized spacial score (nSPS) is 12.5. The van der Waals surface area contributed by atoms with Crippen molar-refractivity contribution >= 4 is 27.1 Å². The maximum absolute atomic E-state index is 9.50. The molecule has 0 spiro atoms. The average Bonchev–Trinajstić information content (AvgIpc) is 2.80. The van der Waals surface area contributed by atoms with E-state index < -0.39 is 0 Å². The quantitative estimate of drug-likeness (QED) is 0.635. The van der Waals surface area contributed by atoms with E-state index in [4.69, 9.17) is 0 Å². The number of hydrogen-bond acceptors (Lipinski definition) is 3. The fraction of sp³-hybridized carbons (Fsp3) is 0.222. The highest BCUT2D eigenvalue weighted by Crippen LogP contribution is 2.36. The Morgan fingerprint density at radius 2 is 1.86 bits per heavy atom. The summed E-state index contributed by atoms with van der Waals surface area (Å²) in [6.07, 6.45) is 0. The lowest BCUT2D eigenvalue weighted by Gasteiger charge is -2.17. The van der Waals surface area contributed by atoms with Crippen LogP contribution in [-0.4, -0.2) is 5.11 Å². The van der Waals surface area contributed by atoms with E-state index in [1.54, 1.807) is 12.1 Å². The Labute approximate surface area is 129 Å². The van der Waals surface area contributed by atoms with Crippen LogP contribution >= 0.6 is 11.3 Å². The number of hydrogen-bond donors (Lipinski definition) is 2. The first-order valence-corrected chi connectivity index (χ1v) is 7.92. The Bertz CT molecular complexity index is 791. The van der Waals surface area contributed by atoms with Crippen molar-refractivity contribution in [3.8, 4) is 5.75 Å². The van der Waals surface area contributed by atoms with E-state index in [1.807, 2.05) is 24.3 Å². The molecule has 0 amide bonds. The second-order valence-corrected chi connectivity index (χ2v) is 6.54. The van der Waals surface area contributed by atoms with E-state index in [0.717, 1.165) is 11.3 Å². The monoisotopic (exact) mass is 297 g/mol. The smallest absolute Gasteiger partial charge is 0.115 e. The molecule has 0 radical (unpaired) electrons. The van der Waals surface area contributed by atoms with Crippen molar-refractivity contribution in [2.75, 3.05) is 5.32 Å². The van der Waals surface area contributed by atoms with E-state index in [1.165, 1.54) is 20.5 Å². The molecule has 1 unspecified atom stereocenters. The molecule has 2 nitrogen and oxygen atoms in total. The van der Waals surface area contributed by atoms with Crippen LogP contribution in [-0.2, 0) is 0 Å². The van der Waals surface area contributed by atoms with Gasteiger partial charge in [0.05, 0.1) is 6.04 Å². The zero-order valence-electron chi connectivity index (χ0n) is 12.5. The highest BCUT2D eigenvalue weighted by atomic mass is 32.1. The lowest BCUT2D eigenvalue weighted by Crippen LogP contribution is -2.07. The fourth-order valence-electron chi connectivity index (χ4n) is 2.71. The first-order valence-electron chi connectivity index (χ1n) is 7.10. The minimum atomic E-state index is 0.241. The molecule has 0 fully saturated rings. The SMILES string of the molecule is Cc1cc(O)ccc1NC(C)c1sc2ccccc2c1C. The Morgan fingerprint density at radius 3 is 2.57 bits per heavy atom. The molecule has 0 aliphatic rings. The topological polar surface area (TPSA) is 32.3 Å². The minimum absolute atomic E-state index is 0.241. The summed E-state index contributed by atoms with van der Waals surface area (Å²) >= 11 is 1.85. The maximum atomic E-state index is 9.50. The summed E-state index contributed by atoms with van der Waals surface area (Å²) in [5.74, 6) is 0.309. The molecule has 2 N–H and O–H groups in total. The molecule has 0 bridgehead atoms. The van der Waals surface area contributed by atoms with Crippen LogP contribution in [0.1, 0.15) is 29.0 Å². The zero-order chi connectivity index (χ0) is 15.0. The number of phenolic OH excluding ortho intramolecular Hbond substituents is 1. The van der Waals surface area contributed by atoms with Crippen LogP contribution in [0.25, 0.3) is 10.1 Å². The molecule has 108 valence electrons. The molecule has 0 aliphatic heterocycles. The van der Waals surface area contributed by atoms with E-state index in [0.29, 0.717) is 5.75 Å². The summed E-state index contributed by atoms with van der Waals surface area (Å²) in [7, 11) is 0. The molecule has 1 aromatic heterocycles. The number of aromatic hydroxyl groups is 1. The Balaban J connectivity index is 1.93. The molecule has 1 heterocycles. The van der Waals surface area contributed by atoms with Crippen molar-refractivity contribution in [1.82, 2.24) is 0 Å². The molecule has 0 saturated heterocycles. The predicted molar refractivity (Wildman–Crippen MR) is 91.4 cm³/mol. The van der Waals surface area contributed by atoms with Crippen LogP contribution in [0.5, 0.6) is 5.75 Å². The third kappa shape index (κ3) is 2.61. The molecule has 0 aliphatic carbocycles. The third-order valence-electron chi connectivity index (χ3n) is 3.86. The Hall–Kier alpha value is -2.00. The zero-order valence-corrected chi connectivity index (χ0v) is 13.3. The van der Waals surface area contributed by atoms with Crippen LogP contribution in [0.2, 0.25) is 0 Å². The van der Waals surface area contributed by atoms with E-state index >= 15 is 0 Å². The van der Waals surface area contributed by atoms with Gasteiger partial charge in [0.2, 0.25) is 0 Å². The van der Waals surface area contributed by atoms with Crippen LogP contribution in [0, 0.1) is 13.8 Å². The molecule has 3 rings (SSSR count). The van der Waals surface area contributed by atoms with Gasteiger partial charge in [-0.25, -0.2) is 0 Å². The number of aryl methyl sites for hydroxylation is 2. The molecule has 3 aromatic rings. The second-order valence-electron chi connectivity index (χ2n) is 5.45. The van der Waals surface area contributed by atoms with Crippen molar-refractivity contribution in [3.63, 3.8) is 0 Å². The van der Waals surface area contributed by atoms with Gasteiger partial charge in [-0.3, -0.25) is 0 Å². The van der Waals surface area contributed by atoms with E-state index in [9.17, 15) is 5.11 Å². The number of benzene rings is 2. The molecule has 2 aromatic carbocycles. The molecule has 1 atom stereocenters. The van der Waals surface area contributed by atoms with Crippen molar-refractivity contribution in [1.29, 1.82) is 0 Å². The van der Waals surface area contributed by atoms with Crippen LogP contribution in [0.4, 0.5) is 5.69 Å². The van der Waals surface area contributed by atoms with Crippen molar-refractivity contribution in [3.05, 3.63) is 58.5 Å². The van der Waals surface area contributed by atoms with Crippen molar-refractivity contribution in [2.45, 2.75) is 26.8 Å². The highest BCUT2D eigenvalue weighted by molar-refractivity contribution is 7.19. The van der Waals surface area contributed by atoms with Crippen molar-refractivity contribution < 1.29 is 5.11 Å². The number of rotatable bonds is 3. The van der Waals surface area contributed by atoms with Crippen LogP contribution in [0.15, 0.2) is 42.5 Å². The number of fused-ring (bicyclic) bond motifs is 1. The van der Waals surface area contributed by atoms with Gasteiger partial charge in [-0.05, 0) is 61.5 Å². The van der Waals surface area contributed by atoms with Gasteiger partial charge in [-0.1, -0.05) is 18.2 Å². The van der Waals surface area contributed by atoms with Gasteiger partial charge < -0.3 is 10.4 Å². The summed E-state index contributed by atoms with van der Waals surface area (Å²) in [6, 6.07) is 14.2. The van der Waals surface area contributed by atoms with Crippen LogP contribution < -0.4 is 5.32 Å². The summed E-state index contributed by atoms with van der Waals surface area (Å²) in [5.41, 5.74) is 3.48. The second kappa shape index (κ2) is 5.41. The summed E-state index contributed by atoms with van der Waals surface area (Å²) in [5, 5.41) is 14.4. The van der Waals surface area contributed by atoms with Gasteiger partial charge >= 0.3 is 0 Å². The average molecular weight is 297 g/mol. The number of anilines is 1. The first-order chi connectivity index (χ1) is 10.1. The first kappa shape index (κ1) is 14.0. The van der Waals surface area contributed by atoms with E-state index in [2.05, 4.69) is 43.4 Å². The lowest BCUT2D eigenvalue weighted by molar-refractivity contribution is 0.475. The van der Waals surface area contributed by atoms with Gasteiger partial charge in [0.15, 0.2) is 0 Å². The molecule has 21 heavy (non-hydrogen) atoms. The number of nitrogens with one attached hydrogen (secondary N) is 1. The lowest BCUT2D eigenvalue weighted by atomic mass is 10.1. The molecular weight excluding hydrogens is 278 g/mol. The Morgan fingerprint density at radius 1 is 1.10 bits per heavy atom. The van der Waals surface area contributed by atoms with Gasteiger partial charge in [0, 0.05) is 15.3 Å². The summed E-state index contributed by atoms with van der Waals surface area (Å²) in [6.45, 7) is 6.38. The van der Waals surface area contributed by atoms with Gasteiger partial charge in [0.1, 0.15) is 5.75 Å². The third-order valence-corrected chi connectivity index (χ3v) is 5.31.